The molecule has 1 heterocycles. The van der Waals surface area contributed by atoms with Crippen molar-refractivity contribution in [1.82, 2.24) is 5.43 Å². The molecule has 0 aliphatic carbocycles. The summed E-state index contributed by atoms with van der Waals surface area (Å²) in [7, 11) is 0. The zero-order valence-electron chi connectivity index (χ0n) is 8.99. The number of rotatable bonds is 4. The van der Waals surface area contributed by atoms with Gasteiger partial charge in [0.1, 0.15) is 0 Å². The van der Waals surface area contributed by atoms with Crippen LogP contribution >= 0.6 is 43.2 Å². The lowest BCUT2D eigenvalue weighted by atomic mass is 10.1. The van der Waals surface area contributed by atoms with Crippen LogP contribution < -0.4 is 11.3 Å². The summed E-state index contributed by atoms with van der Waals surface area (Å²) in [5, 5.41) is 2.06. The maximum absolute atomic E-state index is 5.65. The molecule has 90 valence electrons. The Kier molecular flexibility index (Phi) is 4.76. The van der Waals surface area contributed by atoms with E-state index in [0.29, 0.717) is 0 Å². The van der Waals surface area contributed by atoms with Gasteiger partial charge in [-0.1, -0.05) is 34.1 Å². The van der Waals surface area contributed by atoms with Crippen molar-refractivity contribution in [3.63, 3.8) is 0 Å². The summed E-state index contributed by atoms with van der Waals surface area (Å²) in [6, 6.07) is 10.4. The molecule has 0 aliphatic rings. The van der Waals surface area contributed by atoms with Gasteiger partial charge in [0, 0.05) is 13.8 Å². The predicted octanol–water partition coefficient (Wildman–Crippen LogP) is 4.02. The second kappa shape index (κ2) is 6.11. The second-order valence-electron chi connectivity index (χ2n) is 3.65. The normalized spacial score (nSPS) is 12.6. The van der Waals surface area contributed by atoms with Crippen LogP contribution in [0.5, 0.6) is 0 Å². The van der Waals surface area contributed by atoms with E-state index in [4.69, 9.17) is 5.84 Å². The summed E-state index contributed by atoms with van der Waals surface area (Å²) in [6.45, 7) is 0. The highest BCUT2D eigenvalue weighted by molar-refractivity contribution is 9.10. The first kappa shape index (κ1) is 13.2. The smallest absolute Gasteiger partial charge is 0.0605 e. The summed E-state index contributed by atoms with van der Waals surface area (Å²) >= 11 is 8.80. The van der Waals surface area contributed by atoms with E-state index >= 15 is 0 Å². The highest BCUT2D eigenvalue weighted by Gasteiger charge is 2.16. The number of benzene rings is 1. The molecule has 0 spiro atoms. The second-order valence-corrected chi connectivity index (χ2v) is 6.30. The van der Waals surface area contributed by atoms with E-state index < -0.39 is 0 Å². The Bertz CT molecular complexity index is 499. The topological polar surface area (TPSA) is 38.0 Å². The van der Waals surface area contributed by atoms with E-state index in [1.807, 2.05) is 24.3 Å². The van der Waals surface area contributed by atoms with Crippen LogP contribution in [-0.2, 0) is 6.42 Å². The van der Waals surface area contributed by atoms with Crippen molar-refractivity contribution < 1.29 is 0 Å². The van der Waals surface area contributed by atoms with E-state index in [1.165, 1.54) is 10.4 Å². The Morgan fingerprint density at radius 2 is 1.94 bits per heavy atom. The molecule has 2 rings (SSSR count). The minimum atomic E-state index is 0.128. The van der Waals surface area contributed by atoms with Gasteiger partial charge >= 0.3 is 0 Å². The lowest BCUT2D eigenvalue weighted by Gasteiger charge is -2.16. The van der Waals surface area contributed by atoms with Crippen molar-refractivity contribution in [3.8, 4) is 0 Å². The zero-order chi connectivity index (χ0) is 12.3. The molecule has 1 unspecified atom stereocenters. The molecule has 5 heteroatoms. The van der Waals surface area contributed by atoms with E-state index in [0.717, 1.165) is 15.4 Å². The molecule has 1 aromatic carbocycles. The highest BCUT2D eigenvalue weighted by Crippen LogP contribution is 2.31. The van der Waals surface area contributed by atoms with Crippen molar-refractivity contribution in [2.24, 2.45) is 5.84 Å². The summed E-state index contributed by atoms with van der Waals surface area (Å²) in [5.41, 5.74) is 4.13. The number of nitrogens with two attached hydrogens (primary N) is 1. The third kappa shape index (κ3) is 3.17. The van der Waals surface area contributed by atoms with Gasteiger partial charge in [-0.3, -0.25) is 11.3 Å². The Balaban J connectivity index is 2.22. The molecule has 0 amide bonds. The van der Waals surface area contributed by atoms with Crippen LogP contribution in [0.1, 0.15) is 16.5 Å². The average Bonchev–Trinajstić information content (AvgIpc) is 2.75. The average molecular weight is 376 g/mol. The van der Waals surface area contributed by atoms with Gasteiger partial charge in [0.25, 0.3) is 0 Å². The molecular formula is C12H12Br2N2S. The quantitative estimate of drug-likeness (QED) is 0.625. The molecule has 17 heavy (non-hydrogen) atoms. The lowest BCUT2D eigenvalue weighted by molar-refractivity contribution is 0.558. The first-order valence-corrected chi connectivity index (χ1v) is 7.61. The van der Waals surface area contributed by atoms with Crippen molar-refractivity contribution in [2.45, 2.75) is 12.5 Å². The van der Waals surface area contributed by atoms with Gasteiger partial charge in [-0.25, -0.2) is 0 Å². The van der Waals surface area contributed by atoms with E-state index in [-0.39, 0.29) is 6.04 Å². The zero-order valence-corrected chi connectivity index (χ0v) is 13.0. The minimum absolute atomic E-state index is 0.128. The number of thiophene rings is 1. The maximum atomic E-state index is 5.65. The Morgan fingerprint density at radius 1 is 1.18 bits per heavy atom. The van der Waals surface area contributed by atoms with Crippen LogP contribution in [0, 0.1) is 0 Å². The highest BCUT2D eigenvalue weighted by atomic mass is 79.9. The van der Waals surface area contributed by atoms with E-state index in [9.17, 15) is 0 Å². The van der Waals surface area contributed by atoms with Crippen LogP contribution in [0.2, 0.25) is 0 Å². The molecule has 0 saturated carbocycles. The maximum Gasteiger partial charge on any atom is 0.0605 e. The number of hydrogen-bond donors (Lipinski definition) is 2. The SMILES string of the molecule is NNC(Cc1ccccc1Br)c1sccc1Br. The molecule has 0 fully saturated rings. The molecule has 3 N–H and O–H groups in total. The standard InChI is InChI=1S/C12H12Br2N2S/c13-9-4-2-1-3-8(9)7-11(16-15)12-10(14)5-6-17-12/h1-6,11,16H,7,15H2. The molecule has 2 nitrogen and oxygen atoms in total. The van der Waals surface area contributed by atoms with Crippen molar-refractivity contribution in [3.05, 3.63) is 55.1 Å². The summed E-state index contributed by atoms with van der Waals surface area (Å²) < 4.78 is 2.23. The number of hydrazine groups is 1. The third-order valence-corrected chi connectivity index (χ3v) is 5.30. The van der Waals surface area contributed by atoms with E-state index in [2.05, 4.69) is 48.7 Å². The van der Waals surface area contributed by atoms with Crippen LogP contribution in [0.25, 0.3) is 0 Å². The van der Waals surface area contributed by atoms with Gasteiger partial charge in [0.2, 0.25) is 0 Å². The number of hydrogen-bond acceptors (Lipinski definition) is 3. The summed E-state index contributed by atoms with van der Waals surface area (Å²) in [5.74, 6) is 5.65. The minimum Gasteiger partial charge on any atom is -0.271 e. The molecule has 0 bridgehead atoms. The van der Waals surface area contributed by atoms with E-state index in [1.54, 1.807) is 11.3 Å². The number of nitrogens with one attached hydrogen (secondary N) is 1. The molecule has 0 saturated heterocycles. The number of halogens is 2. The molecule has 0 aliphatic heterocycles. The largest absolute Gasteiger partial charge is 0.271 e. The molecule has 0 radical (unpaired) electrons. The Labute approximate surface area is 121 Å². The van der Waals surface area contributed by atoms with Gasteiger partial charge in [0.15, 0.2) is 0 Å². The fourth-order valence-corrected chi connectivity index (χ4v) is 3.82. The molecular weight excluding hydrogens is 364 g/mol. The van der Waals surface area contributed by atoms with Crippen LogP contribution in [-0.4, -0.2) is 0 Å². The van der Waals surface area contributed by atoms with Crippen molar-refractivity contribution >= 4 is 43.2 Å². The molecule has 1 aromatic heterocycles. The fraction of sp³-hybridized carbons (Fsp3) is 0.167. The van der Waals surface area contributed by atoms with Gasteiger partial charge < -0.3 is 0 Å². The van der Waals surface area contributed by atoms with Crippen LogP contribution in [0.15, 0.2) is 44.7 Å². The Hall–Kier alpha value is -0.200. The van der Waals surface area contributed by atoms with Crippen LogP contribution in [0.3, 0.4) is 0 Å². The van der Waals surface area contributed by atoms with Gasteiger partial charge in [-0.05, 0) is 45.4 Å². The fourth-order valence-electron chi connectivity index (χ4n) is 1.67. The van der Waals surface area contributed by atoms with Gasteiger partial charge in [-0.15, -0.1) is 11.3 Å². The third-order valence-electron chi connectivity index (χ3n) is 2.54. The van der Waals surface area contributed by atoms with Crippen LogP contribution in [0.4, 0.5) is 0 Å². The predicted molar refractivity (Wildman–Crippen MR) is 79.9 cm³/mol. The monoisotopic (exact) mass is 374 g/mol. The first-order chi connectivity index (χ1) is 8.22. The van der Waals surface area contributed by atoms with Crippen molar-refractivity contribution in [2.75, 3.05) is 0 Å². The van der Waals surface area contributed by atoms with Crippen molar-refractivity contribution in [1.29, 1.82) is 0 Å². The first-order valence-electron chi connectivity index (χ1n) is 5.14. The van der Waals surface area contributed by atoms with Gasteiger partial charge in [-0.2, -0.15) is 0 Å². The molecule has 1 atom stereocenters. The lowest BCUT2D eigenvalue weighted by Crippen LogP contribution is -2.29. The summed E-state index contributed by atoms with van der Waals surface area (Å²) in [6.07, 6.45) is 0.858. The summed E-state index contributed by atoms with van der Waals surface area (Å²) in [4.78, 5) is 1.23. The Morgan fingerprint density at radius 3 is 2.53 bits per heavy atom. The van der Waals surface area contributed by atoms with Gasteiger partial charge in [0.05, 0.1) is 6.04 Å². The molecule has 2 aromatic rings.